The Morgan fingerprint density at radius 3 is 1.70 bits per heavy atom. The normalized spacial score (nSPS) is 13.0. The molecule has 12 rings (SSSR count). The highest BCUT2D eigenvalue weighted by molar-refractivity contribution is 6.34. The van der Waals surface area contributed by atoms with Gasteiger partial charge in [-0.2, -0.15) is 0 Å². The van der Waals surface area contributed by atoms with Crippen LogP contribution < -0.4 is 0 Å². The maximum atomic E-state index is 6.96. The lowest BCUT2D eigenvalue weighted by atomic mass is 9.94. The first-order chi connectivity index (χ1) is 21.8. The summed E-state index contributed by atoms with van der Waals surface area (Å²) in [6.07, 6.45) is 0. The van der Waals surface area contributed by atoms with E-state index in [0.29, 0.717) is 0 Å². The van der Waals surface area contributed by atoms with Crippen molar-refractivity contribution >= 4 is 109 Å². The van der Waals surface area contributed by atoms with Crippen molar-refractivity contribution < 1.29 is 8.83 Å². The molecule has 4 nitrogen and oxygen atoms in total. The van der Waals surface area contributed by atoms with E-state index in [-0.39, 0.29) is 0 Å². The number of benzene rings is 8. The molecular formula is C40H20N2O2. The third-order valence-electron chi connectivity index (χ3n) is 9.92. The Morgan fingerprint density at radius 1 is 0.341 bits per heavy atom. The number of aromatic nitrogens is 2. The second-order valence-corrected chi connectivity index (χ2v) is 12.1. The van der Waals surface area contributed by atoms with Crippen LogP contribution in [0, 0.1) is 0 Å². The van der Waals surface area contributed by atoms with E-state index in [1.54, 1.807) is 0 Å². The van der Waals surface area contributed by atoms with Crippen molar-refractivity contribution in [3.63, 3.8) is 0 Å². The highest BCUT2D eigenvalue weighted by atomic mass is 16.3. The first kappa shape index (κ1) is 21.7. The molecule has 0 amide bonds. The maximum Gasteiger partial charge on any atom is 0.154 e. The second kappa shape index (κ2) is 7.13. The van der Waals surface area contributed by atoms with Crippen LogP contribution >= 0.6 is 0 Å². The minimum atomic E-state index is 0.855. The summed E-state index contributed by atoms with van der Waals surface area (Å²) in [4.78, 5) is 0. The van der Waals surface area contributed by atoms with Gasteiger partial charge in [-0.05, 0) is 68.0 Å². The molecule has 0 N–H and O–H groups in total. The molecule has 8 aromatic carbocycles. The Morgan fingerprint density at radius 2 is 0.886 bits per heavy atom. The monoisotopic (exact) mass is 560 g/mol. The van der Waals surface area contributed by atoms with Crippen LogP contribution in [-0.4, -0.2) is 8.80 Å². The molecule has 0 spiro atoms. The fourth-order valence-corrected chi connectivity index (χ4v) is 8.20. The first-order valence-corrected chi connectivity index (χ1v) is 15.0. The first-order valence-electron chi connectivity index (χ1n) is 15.0. The van der Waals surface area contributed by atoms with Gasteiger partial charge in [0, 0.05) is 16.2 Å². The van der Waals surface area contributed by atoms with Crippen molar-refractivity contribution in [1.82, 2.24) is 8.80 Å². The van der Waals surface area contributed by atoms with Crippen molar-refractivity contribution in [3.05, 3.63) is 121 Å². The number of hydrogen-bond donors (Lipinski definition) is 0. The van der Waals surface area contributed by atoms with Gasteiger partial charge in [-0.3, -0.25) is 8.80 Å². The molecule has 202 valence electrons. The SMILES string of the molecule is c1ccc2cc3c(cc2c1)oc1cc2cccc4c5c6ccccc6cc6oc7cc8ccccc8c8c7n(c65)c(c24)c1n38. The summed E-state index contributed by atoms with van der Waals surface area (Å²) >= 11 is 0. The average molecular weight is 561 g/mol. The third-order valence-corrected chi connectivity index (χ3v) is 9.92. The zero-order chi connectivity index (χ0) is 28.3. The van der Waals surface area contributed by atoms with E-state index >= 15 is 0 Å². The number of nitrogens with zero attached hydrogens (tertiary/aromatic N) is 2. The van der Waals surface area contributed by atoms with E-state index in [4.69, 9.17) is 8.83 Å². The quantitative estimate of drug-likeness (QED) is 0.137. The van der Waals surface area contributed by atoms with Gasteiger partial charge in [0.05, 0.1) is 22.1 Å². The van der Waals surface area contributed by atoms with E-state index in [1.165, 1.54) is 37.7 Å². The fraction of sp³-hybridized carbons (Fsp3) is 0. The number of hydrogen-bond acceptors (Lipinski definition) is 2. The molecule has 12 aromatic rings. The van der Waals surface area contributed by atoms with Gasteiger partial charge in [-0.15, -0.1) is 0 Å². The highest BCUT2D eigenvalue weighted by Gasteiger charge is 2.27. The number of rotatable bonds is 0. The lowest BCUT2D eigenvalue weighted by molar-refractivity contribution is 0.653. The summed E-state index contributed by atoms with van der Waals surface area (Å²) in [5, 5.41) is 11.9. The predicted octanol–water partition coefficient (Wildman–Crippen LogP) is 11.2. The fourth-order valence-electron chi connectivity index (χ4n) is 8.20. The second-order valence-electron chi connectivity index (χ2n) is 12.1. The summed E-state index contributed by atoms with van der Waals surface area (Å²) in [6.45, 7) is 0. The van der Waals surface area contributed by atoms with E-state index < -0.39 is 0 Å². The topological polar surface area (TPSA) is 35.1 Å². The van der Waals surface area contributed by atoms with Crippen LogP contribution in [0.2, 0.25) is 0 Å². The van der Waals surface area contributed by atoms with Crippen LogP contribution in [0.4, 0.5) is 0 Å². The van der Waals surface area contributed by atoms with E-state index in [9.17, 15) is 0 Å². The predicted molar refractivity (Wildman–Crippen MR) is 182 cm³/mol. The van der Waals surface area contributed by atoms with Crippen molar-refractivity contribution in [3.8, 4) is 0 Å². The smallest absolute Gasteiger partial charge is 0.154 e. The van der Waals surface area contributed by atoms with Crippen LogP contribution in [0.5, 0.6) is 0 Å². The van der Waals surface area contributed by atoms with Gasteiger partial charge in [0.25, 0.3) is 0 Å². The third kappa shape index (κ3) is 2.35. The van der Waals surface area contributed by atoms with Gasteiger partial charge in [0.1, 0.15) is 11.0 Å². The molecule has 0 saturated carbocycles. The molecule has 4 heterocycles. The molecule has 4 aromatic heterocycles. The number of pyridine rings is 1. The maximum absolute atomic E-state index is 6.96. The Bertz CT molecular complexity index is 3190. The zero-order valence-corrected chi connectivity index (χ0v) is 23.3. The van der Waals surface area contributed by atoms with E-state index in [1.807, 2.05) is 0 Å². The molecule has 44 heavy (non-hydrogen) atoms. The molecule has 4 heteroatoms. The molecule has 0 aliphatic rings. The standard InChI is InChI=1S/C40H20N2O2/c1-2-9-22-17-30-29(16-21(22)8-1)41-36-27-14-6-4-11-24(27)19-32-38(36)42-37-31(44-32)18-23-10-3-5-13-26(23)35(37)28-15-7-12-25-20-33(43-30)39(41)40(42)34(25)28/h1-20H. The average Bonchev–Trinajstić information content (AvgIpc) is 3.06. The van der Waals surface area contributed by atoms with Gasteiger partial charge in [0.2, 0.25) is 0 Å². The Hall–Kier alpha value is -6.00. The zero-order valence-electron chi connectivity index (χ0n) is 23.3. The minimum absolute atomic E-state index is 0.855. The van der Waals surface area contributed by atoms with Gasteiger partial charge >= 0.3 is 0 Å². The van der Waals surface area contributed by atoms with Crippen molar-refractivity contribution in [2.75, 3.05) is 0 Å². The molecule has 0 bridgehead atoms. The highest BCUT2D eigenvalue weighted by Crippen LogP contribution is 2.48. The van der Waals surface area contributed by atoms with Crippen molar-refractivity contribution in [2.45, 2.75) is 0 Å². The van der Waals surface area contributed by atoms with Gasteiger partial charge in [-0.25, -0.2) is 0 Å². The lowest BCUT2D eigenvalue weighted by Crippen LogP contribution is -2.08. The molecule has 0 radical (unpaired) electrons. The van der Waals surface area contributed by atoms with E-state index in [2.05, 4.69) is 130 Å². The van der Waals surface area contributed by atoms with Crippen LogP contribution in [-0.2, 0) is 0 Å². The van der Waals surface area contributed by atoms with Crippen LogP contribution in [0.25, 0.3) is 109 Å². The van der Waals surface area contributed by atoms with Crippen LogP contribution in [0.15, 0.2) is 130 Å². The molecule has 0 atom stereocenters. The minimum Gasteiger partial charge on any atom is -0.453 e. The van der Waals surface area contributed by atoms with Gasteiger partial charge < -0.3 is 8.83 Å². The molecule has 0 aliphatic carbocycles. The molecular weight excluding hydrogens is 540 g/mol. The summed E-state index contributed by atoms with van der Waals surface area (Å²) < 4.78 is 18.8. The van der Waals surface area contributed by atoms with Crippen LogP contribution in [0.3, 0.4) is 0 Å². The van der Waals surface area contributed by atoms with Crippen LogP contribution in [0.1, 0.15) is 0 Å². The molecule has 0 saturated heterocycles. The Labute approximate surface area is 247 Å². The molecule has 0 fully saturated rings. The summed E-state index contributed by atoms with van der Waals surface area (Å²) in [7, 11) is 0. The van der Waals surface area contributed by atoms with Crippen molar-refractivity contribution in [1.29, 1.82) is 0 Å². The van der Waals surface area contributed by atoms with Crippen molar-refractivity contribution in [2.24, 2.45) is 0 Å². The van der Waals surface area contributed by atoms with E-state index in [0.717, 1.165) is 71.6 Å². The summed E-state index contributed by atoms with van der Waals surface area (Å²) in [6, 6.07) is 43.6. The largest absolute Gasteiger partial charge is 0.453 e. The summed E-state index contributed by atoms with van der Waals surface area (Å²) in [5.74, 6) is 0. The lowest BCUT2D eigenvalue weighted by Gasteiger charge is -2.25. The Balaban J connectivity index is 1.55. The molecule has 0 aliphatic heterocycles. The van der Waals surface area contributed by atoms with Gasteiger partial charge in [0.15, 0.2) is 22.3 Å². The molecule has 0 unspecified atom stereocenters. The Kier molecular flexibility index (Phi) is 3.51. The summed E-state index contributed by atoms with van der Waals surface area (Å²) in [5.41, 5.74) is 10.0. The van der Waals surface area contributed by atoms with Gasteiger partial charge in [-0.1, -0.05) is 91.0 Å². The number of fused-ring (bicyclic) bond motifs is 9.